The summed E-state index contributed by atoms with van der Waals surface area (Å²) in [6.07, 6.45) is 12.7. The standard InChI is InChI=1S/C80H94N8O12/c1-53-13-9-35-86(4)36-10-14-54(2)76-67(47-53)74(68-50-59-17-11-37-87-38-12-19-65(75(59)87)77(68)100-76)64-27-24-60(51-66(64)80(94)95)79(93)82-32-29-56-21-28-69(71(89)49-56)85-84-62-25-22-57(23-26-62)78(92)83-34-40-97-42-44-99-46-45-98-43-41-96-39-31-72(90)81-33-30-73(91)88-52-61-16-5-7-18-63(61)55(3)48-58-15-6-8-20-70(58)88/h5-8,15-16,18,20-28,47-51,84-85,89H,9-14,17,19,29-46,52H2,1-4H3,(H,81,90)(H,82,93)(H,83,92)(H,94,95)/b53-47+,55-48-,76-54?. The molecule has 4 amide bonds. The molecule has 0 radical (unpaired) electrons. The van der Waals surface area contributed by atoms with Crippen molar-refractivity contribution in [3.63, 3.8) is 0 Å². The van der Waals surface area contributed by atoms with Crippen LogP contribution >= 0.6 is 0 Å². The number of carboxylic acids is 1. The Morgan fingerprint density at radius 2 is 1.27 bits per heavy atom. The number of aromatic hydroxyl groups is 1. The fourth-order valence-electron chi connectivity index (χ4n) is 13.8. The first-order valence-corrected chi connectivity index (χ1v) is 35.2. The number of rotatable bonds is 28. The van der Waals surface area contributed by atoms with E-state index in [2.05, 4.69) is 88.7 Å². The Hall–Kier alpha value is -9.57. The SMILES string of the molecule is CC1=C2Oc3c(cc4c5c3CCCN5CCC4)C(c3ccc(C(=O)NCCc4ccc(NNc5ccc(C(=O)NCCOCCOCCOCCOCCC(=O)NCCC(=O)N6Cc7ccccc7/C(C)=C\c7ccccc76)cc5)c(O)c4)cc3C(=O)O)=C2/C=C(\C)CCCN(C)CCC1. The van der Waals surface area contributed by atoms with Gasteiger partial charge in [0.05, 0.1) is 82.0 Å². The van der Waals surface area contributed by atoms with Gasteiger partial charge in [0.25, 0.3) is 11.8 Å². The lowest BCUT2D eigenvalue weighted by Gasteiger charge is -2.40. The number of para-hydroxylation sites is 1. The number of amides is 4. The molecule has 100 heavy (non-hydrogen) atoms. The second-order valence-electron chi connectivity index (χ2n) is 26.3. The molecule has 20 nitrogen and oxygen atoms in total. The van der Waals surface area contributed by atoms with E-state index in [1.807, 2.05) is 48.5 Å². The summed E-state index contributed by atoms with van der Waals surface area (Å²) in [5.74, 6) is -0.439. The van der Waals surface area contributed by atoms with Crippen LogP contribution in [-0.4, -0.2) is 150 Å². The smallest absolute Gasteiger partial charge is 0.336 e. The van der Waals surface area contributed by atoms with E-state index in [4.69, 9.17) is 23.7 Å². The first kappa shape index (κ1) is 71.7. The largest absolute Gasteiger partial charge is 0.506 e. The van der Waals surface area contributed by atoms with Gasteiger partial charge in [-0.05, 0) is 210 Å². The summed E-state index contributed by atoms with van der Waals surface area (Å²) in [6.45, 7) is 14.2. The molecule has 0 aliphatic carbocycles. The average Bonchev–Trinajstić information content (AvgIpc) is 0.723. The number of benzene rings is 6. The molecule has 0 unspecified atom stereocenters. The normalized spacial score (nSPS) is 16.4. The average molecular weight is 1360 g/mol. The fraction of sp³-hybridized carbons (Fsp3) is 0.388. The number of hydrogen-bond acceptors (Lipinski definition) is 15. The zero-order chi connectivity index (χ0) is 69.9. The molecule has 0 spiro atoms. The van der Waals surface area contributed by atoms with Crippen LogP contribution in [0, 0.1) is 0 Å². The van der Waals surface area contributed by atoms with Gasteiger partial charge in [-0.2, -0.15) is 0 Å². The molecule has 5 heterocycles. The highest BCUT2D eigenvalue weighted by atomic mass is 16.6. The molecule has 0 atom stereocenters. The van der Waals surface area contributed by atoms with Crippen LogP contribution in [0.4, 0.5) is 22.7 Å². The first-order valence-electron chi connectivity index (χ1n) is 35.2. The maximum Gasteiger partial charge on any atom is 0.336 e. The van der Waals surface area contributed by atoms with Crippen LogP contribution in [0.2, 0.25) is 0 Å². The summed E-state index contributed by atoms with van der Waals surface area (Å²) in [5.41, 5.74) is 23.0. The van der Waals surface area contributed by atoms with E-state index in [0.29, 0.717) is 88.3 Å². The van der Waals surface area contributed by atoms with Crippen molar-refractivity contribution in [1.82, 2.24) is 20.9 Å². The molecule has 5 aliphatic rings. The quantitative estimate of drug-likeness (QED) is 0.0137. The first-order chi connectivity index (χ1) is 48.7. The lowest BCUT2D eigenvalue weighted by Crippen LogP contribution is -2.35. The van der Waals surface area contributed by atoms with Gasteiger partial charge in [-0.3, -0.25) is 24.6 Å². The zero-order valence-corrected chi connectivity index (χ0v) is 58.0. The number of phenolic OH excluding ortho intramolecular Hbond substituents is 1. The predicted octanol–water partition coefficient (Wildman–Crippen LogP) is 11.9. The Morgan fingerprint density at radius 1 is 0.590 bits per heavy atom. The molecule has 6 aromatic rings. The number of aryl methyl sites for hydroxylation is 1. The van der Waals surface area contributed by atoms with Crippen molar-refractivity contribution >= 4 is 69.6 Å². The van der Waals surface area contributed by atoms with Gasteiger partial charge in [0.15, 0.2) is 0 Å². The van der Waals surface area contributed by atoms with E-state index in [9.17, 15) is 34.2 Å². The third-order valence-corrected chi connectivity index (χ3v) is 18.9. The Labute approximate surface area is 586 Å². The van der Waals surface area contributed by atoms with Crippen LogP contribution in [-0.2, 0) is 54.3 Å². The number of nitrogens with zero attached hydrogens (tertiary/aromatic N) is 3. The summed E-state index contributed by atoms with van der Waals surface area (Å²) >= 11 is 0. The van der Waals surface area contributed by atoms with E-state index in [-0.39, 0.29) is 67.1 Å². The molecular formula is C80H94N8O12. The monoisotopic (exact) mass is 1360 g/mol. The molecule has 0 saturated heterocycles. The topological polar surface area (TPSA) is 242 Å². The van der Waals surface area contributed by atoms with Crippen LogP contribution in [0.5, 0.6) is 11.5 Å². The number of carboxylic acid groups (broad SMARTS) is 1. The number of hydrogen-bond donors (Lipinski definition) is 7. The number of fused-ring (bicyclic) bond motifs is 5. The molecule has 0 bridgehead atoms. The van der Waals surface area contributed by atoms with E-state index in [1.165, 1.54) is 28.5 Å². The number of aromatic carboxylic acids is 1. The summed E-state index contributed by atoms with van der Waals surface area (Å²) in [6, 6.07) is 35.3. The molecule has 11 rings (SSSR count). The van der Waals surface area contributed by atoms with Crippen molar-refractivity contribution in [3.8, 4) is 11.5 Å². The highest BCUT2D eigenvalue weighted by Gasteiger charge is 2.36. The van der Waals surface area contributed by atoms with Crippen molar-refractivity contribution in [2.45, 2.75) is 97.9 Å². The summed E-state index contributed by atoms with van der Waals surface area (Å²) in [7, 11) is 2.18. The van der Waals surface area contributed by atoms with Crippen molar-refractivity contribution in [2.24, 2.45) is 0 Å². The van der Waals surface area contributed by atoms with Crippen LogP contribution in [0.1, 0.15) is 148 Å². The van der Waals surface area contributed by atoms with E-state index in [1.54, 1.807) is 53.4 Å². The molecule has 5 aliphatic heterocycles. The van der Waals surface area contributed by atoms with E-state index in [0.717, 1.165) is 145 Å². The van der Waals surface area contributed by atoms with Gasteiger partial charge in [-0.25, -0.2) is 4.79 Å². The summed E-state index contributed by atoms with van der Waals surface area (Å²) in [4.78, 5) is 73.0. The highest BCUT2D eigenvalue weighted by Crippen LogP contribution is 2.52. The van der Waals surface area contributed by atoms with E-state index < -0.39 is 11.9 Å². The second kappa shape index (κ2) is 35.0. The lowest BCUT2D eigenvalue weighted by atomic mass is 9.80. The molecule has 0 saturated carbocycles. The molecule has 0 fully saturated rings. The van der Waals surface area contributed by atoms with Gasteiger partial charge in [-0.15, -0.1) is 0 Å². The molecule has 0 aromatic heterocycles. The molecule has 526 valence electrons. The minimum atomic E-state index is -1.12. The maximum absolute atomic E-state index is 13.9. The van der Waals surface area contributed by atoms with Gasteiger partial charge >= 0.3 is 5.97 Å². The van der Waals surface area contributed by atoms with Gasteiger partial charge in [-0.1, -0.05) is 66.2 Å². The maximum atomic E-state index is 13.9. The highest BCUT2D eigenvalue weighted by molar-refractivity contribution is 6.05. The van der Waals surface area contributed by atoms with Crippen LogP contribution in [0.3, 0.4) is 0 Å². The van der Waals surface area contributed by atoms with Gasteiger partial charge in [0, 0.05) is 84.7 Å². The van der Waals surface area contributed by atoms with Crippen molar-refractivity contribution in [1.29, 1.82) is 0 Å². The number of nitrogens with one attached hydrogen (secondary N) is 5. The minimum absolute atomic E-state index is 0.0125. The molecule has 6 aromatic carbocycles. The van der Waals surface area contributed by atoms with Crippen molar-refractivity contribution in [3.05, 3.63) is 205 Å². The fourth-order valence-corrected chi connectivity index (χ4v) is 13.8. The number of carbonyl (C=O) groups excluding carboxylic acids is 4. The zero-order valence-electron chi connectivity index (χ0n) is 58.0. The molecule has 20 heteroatoms. The number of phenols is 1. The van der Waals surface area contributed by atoms with Crippen LogP contribution in [0.25, 0.3) is 17.2 Å². The predicted molar refractivity (Wildman–Crippen MR) is 391 cm³/mol. The van der Waals surface area contributed by atoms with Crippen molar-refractivity contribution in [2.75, 3.05) is 126 Å². The van der Waals surface area contributed by atoms with Crippen LogP contribution < -0.4 is 41.3 Å². The van der Waals surface area contributed by atoms with Gasteiger partial charge in [0.2, 0.25) is 11.8 Å². The number of anilines is 4. The molecule has 7 N–H and O–H groups in total. The Bertz CT molecular complexity index is 4080. The Kier molecular flexibility index (Phi) is 25.1. The second-order valence-corrected chi connectivity index (χ2v) is 26.3. The summed E-state index contributed by atoms with van der Waals surface area (Å²) in [5, 5.41) is 30.7. The summed E-state index contributed by atoms with van der Waals surface area (Å²) < 4.78 is 29.5. The number of allylic oxidation sites excluding steroid dienone is 4. The lowest BCUT2D eigenvalue weighted by molar-refractivity contribution is -0.122. The third kappa shape index (κ3) is 18.4. The van der Waals surface area contributed by atoms with Crippen LogP contribution in [0.15, 0.2) is 144 Å². The minimum Gasteiger partial charge on any atom is -0.506 e. The van der Waals surface area contributed by atoms with Gasteiger partial charge in [0.1, 0.15) is 17.3 Å². The number of ether oxygens (including phenoxy) is 5. The third-order valence-electron chi connectivity index (χ3n) is 18.9. The Balaban J connectivity index is 0.561. The van der Waals surface area contributed by atoms with Crippen molar-refractivity contribution < 1.29 is 57.9 Å². The number of carbonyl (C=O) groups is 5. The van der Waals surface area contributed by atoms with Gasteiger partial charge < -0.3 is 70.0 Å². The number of hydrazine groups is 1. The molecular weight excluding hydrogens is 1260 g/mol. The van der Waals surface area contributed by atoms with E-state index >= 15 is 0 Å². The Morgan fingerprint density at radius 3 is 2.04 bits per heavy atom.